The van der Waals surface area contributed by atoms with E-state index < -0.39 is 0 Å². The molecule has 6 heteroatoms. The molecular weight excluding hydrogens is 270 g/mol. The van der Waals surface area contributed by atoms with Gasteiger partial charge in [0.05, 0.1) is 31.6 Å². The van der Waals surface area contributed by atoms with Gasteiger partial charge in [-0.25, -0.2) is 4.79 Å². The summed E-state index contributed by atoms with van der Waals surface area (Å²) in [5.74, 6) is -0.333. The zero-order valence-electron chi connectivity index (χ0n) is 12.3. The predicted octanol–water partition coefficient (Wildman–Crippen LogP) is 1.38. The second-order valence-electron chi connectivity index (χ2n) is 4.84. The van der Waals surface area contributed by atoms with Crippen LogP contribution in [0.2, 0.25) is 0 Å². The lowest BCUT2D eigenvalue weighted by Crippen LogP contribution is -2.37. The van der Waals surface area contributed by atoms with Crippen LogP contribution in [0.25, 0.3) is 0 Å². The number of nitrogens with one attached hydrogen (secondary N) is 1. The number of rotatable bonds is 6. The molecule has 1 fully saturated rings. The summed E-state index contributed by atoms with van der Waals surface area (Å²) in [5.41, 5.74) is 5.30. The first kappa shape index (κ1) is 15.5. The van der Waals surface area contributed by atoms with Gasteiger partial charge < -0.3 is 9.47 Å². The fourth-order valence-electron chi connectivity index (χ4n) is 2.34. The number of ether oxygens (including phenoxy) is 2. The van der Waals surface area contributed by atoms with Crippen molar-refractivity contribution in [2.75, 3.05) is 45.4 Å². The summed E-state index contributed by atoms with van der Waals surface area (Å²) >= 11 is 0. The van der Waals surface area contributed by atoms with Crippen molar-refractivity contribution in [1.29, 1.82) is 0 Å². The molecule has 0 radical (unpaired) electrons. The highest BCUT2D eigenvalue weighted by Gasteiger charge is 2.13. The first-order valence-corrected chi connectivity index (χ1v) is 6.97. The van der Waals surface area contributed by atoms with Crippen molar-refractivity contribution in [1.82, 2.24) is 4.90 Å². The van der Waals surface area contributed by atoms with Crippen molar-refractivity contribution in [2.24, 2.45) is 5.10 Å². The summed E-state index contributed by atoms with van der Waals surface area (Å²) in [6, 6.07) is 5.40. The van der Waals surface area contributed by atoms with E-state index in [0.717, 1.165) is 50.5 Å². The van der Waals surface area contributed by atoms with E-state index in [1.54, 1.807) is 6.07 Å². The molecule has 0 saturated carbocycles. The van der Waals surface area contributed by atoms with E-state index in [-0.39, 0.29) is 5.97 Å². The van der Waals surface area contributed by atoms with Gasteiger partial charge in [-0.2, -0.15) is 5.10 Å². The Bertz CT molecular complexity index is 499. The average Bonchev–Trinajstić information content (AvgIpc) is 2.54. The van der Waals surface area contributed by atoms with Crippen molar-refractivity contribution < 1.29 is 14.3 Å². The molecule has 1 heterocycles. The largest absolute Gasteiger partial charge is 0.465 e. The van der Waals surface area contributed by atoms with E-state index in [1.807, 2.05) is 12.1 Å². The third-order valence-electron chi connectivity index (χ3n) is 3.53. The maximum atomic E-state index is 11.6. The molecule has 1 N–H and O–H groups in total. The van der Waals surface area contributed by atoms with Crippen LogP contribution in [0.1, 0.15) is 15.9 Å². The van der Waals surface area contributed by atoms with Crippen LogP contribution in [0, 0.1) is 0 Å². The highest BCUT2D eigenvalue weighted by Crippen LogP contribution is 2.19. The SMILES string of the molecule is C=NNc1ccc(C(=O)OC)cc1CCN1CCOCC1. The lowest BCUT2D eigenvalue weighted by molar-refractivity contribution is 0.0384. The molecule has 114 valence electrons. The van der Waals surface area contributed by atoms with E-state index in [4.69, 9.17) is 9.47 Å². The summed E-state index contributed by atoms with van der Waals surface area (Å²) in [7, 11) is 1.38. The van der Waals surface area contributed by atoms with E-state index in [0.29, 0.717) is 5.56 Å². The molecule has 1 aromatic rings. The number of nitrogens with zero attached hydrogens (tertiary/aromatic N) is 2. The summed E-state index contributed by atoms with van der Waals surface area (Å²) < 4.78 is 10.1. The number of carbonyl (C=O) groups is 1. The van der Waals surface area contributed by atoms with Gasteiger partial charge in [0.1, 0.15) is 0 Å². The molecule has 21 heavy (non-hydrogen) atoms. The average molecular weight is 291 g/mol. The second kappa shape index (κ2) is 7.75. The first-order valence-electron chi connectivity index (χ1n) is 6.97. The van der Waals surface area contributed by atoms with Crippen molar-refractivity contribution in [3.63, 3.8) is 0 Å². The summed E-state index contributed by atoms with van der Waals surface area (Å²) in [6.07, 6.45) is 0.822. The maximum Gasteiger partial charge on any atom is 0.337 e. The molecule has 0 aromatic heterocycles. The topological polar surface area (TPSA) is 63.2 Å². The highest BCUT2D eigenvalue weighted by molar-refractivity contribution is 5.90. The van der Waals surface area contributed by atoms with Gasteiger partial charge in [0, 0.05) is 26.4 Å². The number of carbonyl (C=O) groups excluding carboxylic acids is 1. The van der Waals surface area contributed by atoms with Gasteiger partial charge in [-0.05, 0) is 30.2 Å². The summed E-state index contributed by atoms with van der Waals surface area (Å²) in [6.45, 7) is 7.80. The van der Waals surface area contributed by atoms with Crippen molar-refractivity contribution in [3.05, 3.63) is 29.3 Å². The molecule has 2 rings (SSSR count). The fraction of sp³-hybridized carbons (Fsp3) is 0.467. The third kappa shape index (κ3) is 4.27. The molecule has 1 aliphatic heterocycles. The van der Waals surface area contributed by atoms with E-state index in [1.165, 1.54) is 7.11 Å². The number of esters is 1. The van der Waals surface area contributed by atoms with Gasteiger partial charge in [-0.3, -0.25) is 10.3 Å². The van der Waals surface area contributed by atoms with Gasteiger partial charge in [0.2, 0.25) is 0 Å². The van der Waals surface area contributed by atoms with Gasteiger partial charge in [-0.15, -0.1) is 0 Å². The maximum absolute atomic E-state index is 11.6. The zero-order chi connectivity index (χ0) is 15.1. The normalized spacial score (nSPS) is 15.5. The van der Waals surface area contributed by atoms with Crippen LogP contribution >= 0.6 is 0 Å². The Morgan fingerprint density at radius 2 is 2.24 bits per heavy atom. The molecule has 0 amide bonds. The number of hydrogen-bond acceptors (Lipinski definition) is 6. The molecule has 1 aromatic carbocycles. The number of morpholine rings is 1. The lowest BCUT2D eigenvalue weighted by atomic mass is 10.1. The van der Waals surface area contributed by atoms with Crippen LogP contribution in [0.5, 0.6) is 0 Å². The van der Waals surface area contributed by atoms with Gasteiger partial charge in [0.25, 0.3) is 0 Å². The Morgan fingerprint density at radius 1 is 1.48 bits per heavy atom. The van der Waals surface area contributed by atoms with E-state index in [2.05, 4.69) is 22.1 Å². The Hall–Kier alpha value is -1.92. The monoisotopic (exact) mass is 291 g/mol. The van der Waals surface area contributed by atoms with E-state index >= 15 is 0 Å². The minimum absolute atomic E-state index is 0.333. The number of anilines is 1. The number of benzene rings is 1. The Kier molecular flexibility index (Phi) is 5.71. The number of hydrogen-bond donors (Lipinski definition) is 1. The predicted molar refractivity (Wildman–Crippen MR) is 81.9 cm³/mol. The second-order valence-corrected chi connectivity index (χ2v) is 4.84. The standard InChI is InChI=1S/C15H21N3O3/c1-16-17-14-4-3-13(15(19)20-2)11-12(14)5-6-18-7-9-21-10-8-18/h3-4,11,17H,1,5-10H2,2H3. The van der Waals surface area contributed by atoms with Gasteiger partial charge in [0.15, 0.2) is 0 Å². The molecule has 6 nitrogen and oxygen atoms in total. The third-order valence-corrected chi connectivity index (χ3v) is 3.53. The van der Waals surface area contributed by atoms with Gasteiger partial charge in [-0.1, -0.05) is 0 Å². The summed E-state index contributed by atoms with van der Waals surface area (Å²) in [5, 5.41) is 3.71. The molecule has 1 saturated heterocycles. The molecule has 0 atom stereocenters. The highest BCUT2D eigenvalue weighted by atomic mass is 16.5. The Balaban J connectivity index is 2.09. The minimum Gasteiger partial charge on any atom is -0.465 e. The zero-order valence-corrected chi connectivity index (χ0v) is 12.3. The fourth-order valence-corrected chi connectivity index (χ4v) is 2.34. The van der Waals surface area contributed by atoms with Crippen LogP contribution in [-0.2, 0) is 15.9 Å². The van der Waals surface area contributed by atoms with Gasteiger partial charge >= 0.3 is 5.97 Å². The van der Waals surface area contributed by atoms with Crippen molar-refractivity contribution in [2.45, 2.75) is 6.42 Å². The van der Waals surface area contributed by atoms with Crippen molar-refractivity contribution >= 4 is 18.4 Å². The molecule has 0 unspecified atom stereocenters. The molecule has 0 bridgehead atoms. The quantitative estimate of drug-likeness (QED) is 0.487. The molecular formula is C15H21N3O3. The minimum atomic E-state index is -0.333. The van der Waals surface area contributed by atoms with Crippen LogP contribution in [0.15, 0.2) is 23.3 Å². The summed E-state index contributed by atoms with van der Waals surface area (Å²) in [4.78, 5) is 14.0. The van der Waals surface area contributed by atoms with Crippen LogP contribution < -0.4 is 5.43 Å². The first-order chi connectivity index (χ1) is 10.2. The molecule has 1 aliphatic rings. The molecule has 0 aliphatic carbocycles. The van der Waals surface area contributed by atoms with Crippen LogP contribution in [0.4, 0.5) is 5.69 Å². The van der Waals surface area contributed by atoms with Crippen molar-refractivity contribution in [3.8, 4) is 0 Å². The smallest absolute Gasteiger partial charge is 0.337 e. The van der Waals surface area contributed by atoms with E-state index in [9.17, 15) is 4.79 Å². The van der Waals surface area contributed by atoms with Crippen LogP contribution in [0.3, 0.4) is 0 Å². The Labute approximate surface area is 124 Å². The number of hydrazone groups is 1. The lowest BCUT2D eigenvalue weighted by Gasteiger charge is -2.26. The molecule has 0 spiro atoms. The number of methoxy groups -OCH3 is 1. The van der Waals surface area contributed by atoms with Crippen LogP contribution in [-0.4, -0.2) is 57.5 Å². The Morgan fingerprint density at radius 3 is 2.90 bits per heavy atom.